The van der Waals surface area contributed by atoms with Crippen molar-refractivity contribution in [1.82, 2.24) is 14.3 Å². The van der Waals surface area contributed by atoms with Crippen molar-refractivity contribution in [1.29, 1.82) is 0 Å². The third kappa shape index (κ3) is 5.73. The van der Waals surface area contributed by atoms with Crippen molar-refractivity contribution in [3.8, 4) is 0 Å². The quantitative estimate of drug-likeness (QED) is 0.671. The van der Waals surface area contributed by atoms with Crippen LogP contribution in [0, 0.1) is 0 Å². The molecule has 0 radical (unpaired) electrons. The highest BCUT2D eigenvalue weighted by Crippen LogP contribution is 2.08. The van der Waals surface area contributed by atoms with Crippen LogP contribution in [0.5, 0.6) is 0 Å². The minimum absolute atomic E-state index is 0.252. The summed E-state index contributed by atoms with van der Waals surface area (Å²) >= 11 is 0. The summed E-state index contributed by atoms with van der Waals surface area (Å²) in [5, 5.41) is 6.99. The van der Waals surface area contributed by atoms with Crippen molar-refractivity contribution < 1.29 is 0 Å². The van der Waals surface area contributed by atoms with E-state index in [1.165, 1.54) is 50.3 Å². The average Bonchev–Trinajstić information content (AvgIpc) is 2.48. The predicted octanol–water partition coefficient (Wildman–Crippen LogP) is 2.03. The zero-order chi connectivity index (χ0) is 15.7. The molecule has 6 nitrogen and oxygen atoms in total. The molecule has 0 saturated carbocycles. The number of hydrogen-bond donors (Lipinski definition) is 1. The van der Waals surface area contributed by atoms with Crippen LogP contribution in [0.4, 0.5) is 5.82 Å². The lowest BCUT2D eigenvalue weighted by molar-refractivity contribution is 0.578. The Morgan fingerprint density at radius 1 is 0.952 bits per heavy atom. The first-order valence-electron chi connectivity index (χ1n) is 7.96. The number of unbranched alkanes of at least 4 members (excludes halogenated alkanes) is 7. The summed E-state index contributed by atoms with van der Waals surface area (Å²) in [5.41, 5.74) is -0.768. The molecular weight excluding hydrogens is 268 g/mol. The van der Waals surface area contributed by atoms with Gasteiger partial charge in [0.05, 0.1) is 0 Å². The number of aromatic nitrogens is 3. The van der Waals surface area contributed by atoms with Gasteiger partial charge in [0.15, 0.2) is 0 Å². The Labute approximate surface area is 126 Å². The summed E-state index contributed by atoms with van der Waals surface area (Å²) in [6, 6.07) is 0. The molecule has 1 aromatic heterocycles. The average molecular weight is 296 g/mol. The highest BCUT2D eigenvalue weighted by molar-refractivity contribution is 5.29. The molecule has 0 aliphatic carbocycles. The Balaban J connectivity index is 2.25. The van der Waals surface area contributed by atoms with Crippen LogP contribution in [0.3, 0.4) is 0 Å². The fourth-order valence-electron chi connectivity index (χ4n) is 2.27. The third-order valence-corrected chi connectivity index (χ3v) is 3.64. The second kappa shape index (κ2) is 9.37. The Morgan fingerprint density at radius 3 is 2.14 bits per heavy atom. The molecule has 0 aliphatic heterocycles. The molecule has 0 bridgehead atoms. The van der Waals surface area contributed by atoms with Crippen molar-refractivity contribution in [2.45, 2.75) is 58.3 Å². The molecule has 0 amide bonds. The van der Waals surface area contributed by atoms with E-state index in [0.29, 0.717) is 0 Å². The van der Waals surface area contributed by atoms with Crippen LogP contribution in [-0.4, -0.2) is 20.9 Å². The van der Waals surface area contributed by atoms with E-state index >= 15 is 0 Å². The molecule has 120 valence electrons. The molecule has 1 N–H and O–H groups in total. The third-order valence-electron chi connectivity index (χ3n) is 3.64. The summed E-state index contributed by atoms with van der Waals surface area (Å²) in [5.74, 6) is 0.252. The smallest absolute Gasteiger partial charge is 0.346 e. The molecule has 1 heterocycles. The van der Waals surface area contributed by atoms with Crippen LogP contribution in [0.1, 0.15) is 58.3 Å². The van der Waals surface area contributed by atoms with Crippen LogP contribution >= 0.6 is 0 Å². The van der Waals surface area contributed by atoms with Gasteiger partial charge in [-0.1, -0.05) is 51.9 Å². The second-order valence-electron chi connectivity index (χ2n) is 5.52. The molecule has 0 aliphatic rings. The van der Waals surface area contributed by atoms with E-state index in [9.17, 15) is 9.59 Å². The lowest BCUT2D eigenvalue weighted by atomic mass is 10.1. The second-order valence-corrected chi connectivity index (χ2v) is 5.52. The van der Waals surface area contributed by atoms with Gasteiger partial charge in [-0.2, -0.15) is 0 Å². The first-order valence-corrected chi connectivity index (χ1v) is 7.96. The molecule has 0 atom stereocenters. The zero-order valence-electron chi connectivity index (χ0n) is 13.5. The fourth-order valence-corrected chi connectivity index (χ4v) is 2.27. The zero-order valence-corrected chi connectivity index (χ0v) is 13.5. The summed E-state index contributed by atoms with van der Waals surface area (Å²) in [4.78, 5) is 23.3. The first kappa shape index (κ1) is 17.5. The van der Waals surface area contributed by atoms with Gasteiger partial charge in [0.1, 0.15) is 0 Å². The molecule has 1 aromatic rings. The molecule has 0 aromatic carbocycles. The van der Waals surface area contributed by atoms with E-state index in [1.807, 2.05) is 0 Å². The van der Waals surface area contributed by atoms with Crippen molar-refractivity contribution in [2.24, 2.45) is 14.1 Å². The molecule has 1 rings (SSSR count). The normalized spacial score (nSPS) is 10.8. The molecule has 0 spiro atoms. The van der Waals surface area contributed by atoms with E-state index < -0.39 is 5.69 Å². The van der Waals surface area contributed by atoms with Crippen LogP contribution in [-0.2, 0) is 14.1 Å². The standard InChI is InChI=1S/C15H28N4O2/c1-4-5-6-7-8-9-10-11-12-16-13-14(20)18(2)15(21)19(3)17-13/h4-12H2,1-3H3,(H,16,17). The molecule has 0 fully saturated rings. The van der Waals surface area contributed by atoms with Crippen molar-refractivity contribution in [3.05, 3.63) is 20.8 Å². The van der Waals surface area contributed by atoms with E-state index in [-0.39, 0.29) is 11.4 Å². The van der Waals surface area contributed by atoms with Gasteiger partial charge in [-0.25, -0.2) is 9.48 Å². The SMILES string of the molecule is CCCCCCCCCCNc1nn(C)c(=O)n(C)c1=O. The van der Waals surface area contributed by atoms with E-state index in [1.54, 1.807) is 7.05 Å². The van der Waals surface area contributed by atoms with Gasteiger partial charge in [-0.05, 0) is 6.42 Å². The lowest BCUT2D eigenvalue weighted by Gasteiger charge is -2.07. The van der Waals surface area contributed by atoms with Crippen LogP contribution in [0.2, 0.25) is 0 Å². The summed E-state index contributed by atoms with van der Waals surface area (Å²) < 4.78 is 2.25. The molecule has 0 unspecified atom stereocenters. The van der Waals surface area contributed by atoms with Crippen LogP contribution in [0.15, 0.2) is 9.59 Å². The fraction of sp³-hybridized carbons (Fsp3) is 0.800. The van der Waals surface area contributed by atoms with Gasteiger partial charge in [-0.15, -0.1) is 5.10 Å². The van der Waals surface area contributed by atoms with Crippen LogP contribution < -0.4 is 16.6 Å². The highest BCUT2D eigenvalue weighted by atomic mass is 16.2. The monoisotopic (exact) mass is 296 g/mol. The van der Waals surface area contributed by atoms with Gasteiger partial charge < -0.3 is 5.32 Å². The highest BCUT2D eigenvalue weighted by Gasteiger charge is 2.07. The number of anilines is 1. The van der Waals surface area contributed by atoms with Gasteiger partial charge in [0.2, 0.25) is 5.82 Å². The van der Waals surface area contributed by atoms with E-state index in [2.05, 4.69) is 17.3 Å². The first-order chi connectivity index (χ1) is 10.1. The van der Waals surface area contributed by atoms with Crippen molar-refractivity contribution in [2.75, 3.05) is 11.9 Å². The minimum atomic E-state index is -0.405. The molecular formula is C15H28N4O2. The summed E-state index contributed by atoms with van der Waals surface area (Å²) in [6.45, 7) is 2.94. The lowest BCUT2D eigenvalue weighted by Crippen LogP contribution is -2.40. The molecule has 0 saturated heterocycles. The predicted molar refractivity (Wildman–Crippen MR) is 85.8 cm³/mol. The minimum Gasteiger partial charge on any atom is -0.364 e. The Morgan fingerprint density at radius 2 is 1.52 bits per heavy atom. The molecule has 21 heavy (non-hydrogen) atoms. The number of hydrogen-bond acceptors (Lipinski definition) is 4. The maximum absolute atomic E-state index is 11.8. The maximum atomic E-state index is 11.8. The van der Waals surface area contributed by atoms with Crippen molar-refractivity contribution in [3.63, 3.8) is 0 Å². The van der Waals surface area contributed by atoms with Gasteiger partial charge in [0, 0.05) is 20.6 Å². The Bertz CT molecular complexity index is 533. The van der Waals surface area contributed by atoms with E-state index in [0.717, 1.165) is 24.0 Å². The topological polar surface area (TPSA) is 68.9 Å². The number of rotatable bonds is 10. The molecule has 6 heteroatoms. The number of nitrogens with one attached hydrogen (secondary N) is 1. The van der Waals surface area contributed by atoms with E-state index in [4.69, 9.17) is 0 Å². The Kier molecular flexibility index (Phi) is 7.79. The maximum Gasteiger partial charge on any atom is 0.346 e. The van der Waals surface area contributed by atoms with Crippen LogP contribution in [0.25, 0.3) is 0 Å². The Hall–Kier alpha value is -1.59. The number of aryl methyl sites for hydroxylation is 1. The van der Waals surface area contributed by atoms with Gasteiger partial charge in [0.25, 0.3) is 5.56 Å². The summed E-state index contributed by atoms with van der Waals surface area (Å²) in [7, 11) is 3.01. The summed E-state index contributed by atoms with van der Waals surface area (Å²) in [6.07, 6.45) is 9.99. The largest absolute Gasteiger partial charge is 0.364 e. The van der Waals surface area contributed by atoms with Crippen molar-refractivity contribution >= 4 is 5.82 Å². The van der Waals surface area contributed by atoms with Gasteiger partial charge >= 0.3 is 5.69 Å². The number of nitrogens with zero attached hydrogens (tertiary/aromatic N) is 3. The van der Waals surface area contributed by atoms with Gasteiger partial charge in [-0.3, -0.25) is 9.36 Å².